The van der Waals surface area contributed by atoms with Crippen molar-refractivity contribution in [1.82, 2.24) is 24.7 Å². The Balaban J connectivity index is 1.79. The molecule has 0 aliphatic carbocycles. The molecule has 3 aromatic heterocycles. The van der Waals surface area contributed by atoms with E-state index in [1.807, 2.05) is 38.5 Å². The molecule has 0 spiro atoms. The van der Waals surface area contributed by atoms with E-state index in [2.05, 4.69) is 38.4 Å². The van der Waals surface area contributed by atoms with Crippen LogP contribution in [0.2, 0.25) is 0 Å². The van der Waals surface area contributed by atoms with Gasteiger partial charge in [0.05, 0.1) is 17.9 Å². The van der Waals surface area contributed by atoms with Gasteiger partial charge in [0.25, 0.3) is 0 Å². The Bertz CT molecular complexity index is 762. The minimum atomic E-state index is 0.0808. The van der Waals surface area contributed by atoms with Gasteiger partial charge in [-0.1, -0.05) is 6.07 Å². The molecule has 0 fully saturated rings. The van der Waals surface area contributed by atoms with Crippen LogP contribution < -0.4 is 5.32 Å². The van der Waals surface area contributed by atoms with Crippen LogP contribution in [0.1, 0.15) is 24.2 Å². The van der Waals surface area contributed by atoms with Gasteiger partial charge in [0, 0.05) is 36.9 Å². The molecule has 0 aromatic carbocycles. The van der Waals surface area contributed by atoms with Crippen molar-refractivity contribution in [2.24, 2.45) is 7.05 Å². The first-order valence-electron chi connectivity index (χ1n) is 7.13. The number of aryl methyl sites for hydroxylation is 2. The zero-order valence-corrected chi connectivity index (χ0v) is 12.9. The molecule has 112 valence electrons. The highest BCUT2D eigenvalue weighted by Gasteiger charge is 2.09. The molecule has 0 radical (unpaired) electrons. The second-order valence-electron chi connectivity index (χ2n) is 5.27. The Kier molecular flexibility index (Phi) is 3.82. The van der Waals surface area contributed by atoms with Gasteiger partial charge in [-0.2, -0.15) is 5.10 Å². The topological polar surface area (TPSA) is 68.5 Å². The lowest BCUT2D eigenvalue weighted by Crippen LogP contribution is -2.10. The number of hydrogen-bond acceptors (Lipinski definition) is 5. The Morgan fingerprint density at radius 1 is 1.14 bits per heavy atom. The fourth-order valence-electron chi connectivity index (χ4n) is 2.15. The summed E-state index contributed by atoms with van der Waals surface area (Å²) in [4.78, 5) is 13.1. The molecule has 0 aliphatic rings. The minimum Gasteiger partial charge on any atom is -0.348 e. The van der Waals surface area contributed by atoms with Gasteiger partial charge < -0.3 is 5.32 Å². The summed E-state index contributed by atoms with van der Waals surface area (Å²) in [5.41, 5.74) is 3.92. The number of aromatic nitrogens is 5. The van der Waals surface area contributed by atoms with Crippen LogP contribution in [0, 0.1) is 6.92 Å². The maximum atomic E-state index is 4.54. The summed E-state index contributed by atoms with van der Waals surface area (Å²) in [7, 11) is 1.89. The Morgan fingerprint density at radius 2 is 2.00 bits per heavy atom. The smallest absolute Gasteiger partial charge is 0.223 e. The predicted octanol–water partition coefficient (Wildman–Crippen LogP) is 2.75. The van der Waals surface area contributed by atoms with Crippen LogP contribution in [0.5, 0.6) is 0 Å². The molecular weight excluding hydrogens is 276 g/mol. The normalized spacial score (nSPS) is 12.1. The van der Waals surface area contributed by atoms with E-state index >= 15 is 0 Å². The number of nitrogens with zero attached hydrogens (tertiary/aromatic N) is 5. The maximum Gasteiger partial charge on any atom is 0.223 e. The molecule has 0 bridgehead atoms. The van der Waals surface area contributed by atoms with Gasteiger partial charge in [0.2, 0.25) is 5.95 Å². The van der Waals surface area contributed by atoms with Crippen molar-refractivity contribution < 1.29 is 0 Å². The van der Waals surface area contributed by atoms with E-state index < -0.39 is 0 Å². The van der Waals surface area contributed by atoms with Crippen molar-refractivity contribution in [3.8, 4) is 11.3 Å². The van der Waals surface area contributed by atoms with Gasteiger partial charge in [-0.05, 0) is 31.5 Å². The predicted molar refractivity (Wildman–Crippen MR) is 85.2 cm³/mol. The maximum absolute atomic E-state index is 4.54. The van der Waals surface area contributed by atoms with Crippen molar-refractivity contribution in [3.05, 3.63) is 54.2 Å². The second kappa shape index (κ2) is 5.93. The van der Waals surface area contributed by atoms with E-state index in [4.69, 9.17) is 0 Å². The first-order chi connectivity index (χ1) is 10.6. The fraction of sp³-hybridized carbons (Fsp3) is 0.250. The van der Waals surface area contributed by atoms with E-state index in [9.17, 15) is 0 Å². The molecule has 1 atom stereocenters. The molecule has 3 aromatic rings. The molecule has 3 rings (SSSR count). The number of anilines is 1. The summed E-state index contributed by atoms with van der Waals surface area (Å²) >= 11 is 0. The molecule has 6 nitrogen and oxygen atoms in total. The molecule has 22 heavy (non-hydrogen) atoms. The quantitative estimate of drug-likeness (QED) is 0.801. The van der Waals surface area contributed by atoms with Gasteiger partial charge in [-0.3, -0.25) is 9.67 Å². The van der Waals surface area contributed by atoms with Gasteiger partial charge in [0.1, 0.15) is 0 Å². The Labute approximate surface area is 129 Å². The van der Waals surface area contributed by atoms with Gasteiger partial charge in [-0.15, -0.1) is 0 Å². The lowest BCUT2D eigenvalue weighted by Gasteiger charge is -2.14. The van der Waals surface area contributed by atoms with Crippen LogP contribution in [-0.2, 0) is 7.05 Å². The average molecular weight is 294 g/mol. The van der Waals surface area contributed by atoms with Crippen molar-refractivity contribution >= 4 is 5.95 Å². The van der Waals surface area contributed by atoms with Crippen LogP contribution in [0.15, 0.2) is 43.0 Å². The lowest BCUT2D eigenvalue weighted by molar-refractivity contribution is 0.768. The van der Waals surface area contributed by atoms with Crippen LogP contribution in [-0.4, -0.2) is 24.7 Å². The monoisotopic (exact) mass is 294 g/mol. The summed E-state index contributed by atoms with van der Waals surface area (Å²) in [5, 5.41) is 7.47. The fourth-order valence-corrected chi connectivity index (χ4v) is 2.15. The van der Waals surface area contributed by atoms with Crippen molar-refractivity contribution in [1.29, 1.82) is 0 Å². The number of hydrogen-bond donors (Lipinski definition) is 1. The zero-order chi connectivity index (χ0) is 15.5. The standard InChI is InChI=1S/C16H18N6/c1-11-4-5-13(8-18-11)12(2)20-16-17-7-6-15(21-16)14-9-19-22(3)10-14/h4-10,12H,1-3H3,(H,17,20,21). The summed E-state index contributed by atoms with van der Waals surface area (Å²) in [6.07, 6.45) is 7.34. The van der Waals surface area contributed by atoms with Gasteiger partial charge >= 0.3 is 0 Å². The summed E-state index contributed by atoms with van der Waals surface area (Å²) in [6, 6.07) is 6.02. The van der Waals surface area contributed by atoms with Gasteiger partial charge in [-0.25, -0.2) is 9.97 Å². The highest BCUT2D eigenvalue weighted by molar-refractivity contribution is 5.58. The van der Waals surface area contributed by atoms with E-state index in [1.54, 1.807) is 17.1 Å². The first kappa shape index (κ1) is 14.2. The molecule has 0 amide bonds. The Hall–Kier alpha value is -2.76. The van der Waals surface area contributed by atoms with Crippen molar-refractivity contribution in [2.75, 3.05) is 5.32 Å². The third kappa shape index (κ3) is 3.11. The molecule has 0 saturated carbocycles. The molecule has 3 heterocycles. The van der Waals surface area contributed by atoms with E-state index in [-0.39, 0.29) is 6.04 Å². The lowest BCUT2D eigenvalue weighted by atomic mass is 10.1. The number of rotatable bonds is 4. The van der Waals surface area contributed by atoms with Gasteiger partial charge in [0.15, 0.2) is 0 Å². The van der Waals surface area contributed by atoms with E-state index in [0.29, 0.717) is 5.95 Å². The Morgan fingerprint density at radius 3 is 2.68 bits per heavy atom. The highest BCUT2D eigenvalue weighted by Crippen LogP contribution is 2.19. The van der Waals surface area contributed by atoms with Crippen molar-refractivity contribution in [3.63, 3.8) is 0 Å². The second-order valence-corrected chi connectivity index (χ2v) is 5.27. The summed E-state index contributed by atoms with van der Waals surface area (Å²) in [5.74, 6) is 0.592. The van der Waals surface area contributed by atoms with Crippen LogP contribution in [0.3, 0.4) is 0 Å². The van der Waals surface area contributed by atoms with E-state index in [0.717, 1.165) is 22.5 Å². The number of pyridine rings is 1. The SMILES string of the molecule is Cc1ccc(C(C)Nc2nccc(-c3cnn(C)c3)n2)cn1. The van der Waals surface area contributed by atoms with Crippen LogP contribution >= 0.6 is 0 Å². The molecule has 0 saturated heterocycles. The van der Waals surface area contributed by atoms with Crippen molar-refractivity contribution in [2.45, 2.75) is 19.9 Å². The van der Waals surface area contributed by atoms with Crippen LogP contribution in [0.4, 0.5) is 5.95 Å². The number of nitrogens with one attached hydrogen (secondary N) is 1. The minimum absolute atomic E-state index is 0.0808. The average Bonchev–Trinajstić information content (AvgIpc) is 2.95. The third-order valence-electron chi connectivity index (χ3n) is 3.44. The molecule has 6 heteroatoms. The molecule has 0 aliphatic heterocycles. The molecule has 1 N–H and O–H groups in total. The highest BCUT2D eigenvalue weighted by atomic mass is 15.2. The summed E-state index contributed by atoms with van der Waals surface area (Å²) < 4.78 is 1.76. The van der Waals surface area contributed by atoms with Crippen LogP contribution in [0.25, 0.3) is 11.3 Å². The largest absolute Gasteiger partial charge is 0.348 e. The summed E-state index contributed by atoms with van der Waals surface area (Å²) in [6.45, 7) is 4.04. The first-order valence-corrected chi connectivity index (χ1v) is 7.13. The molecule has 1 unspecified atom stereocenters. The molecular formula is C16H18N6. The van der Waals surface area contributed by atoms with E-state index in [1.165, 1.54) is 0 Å². The zero-order valence-electron chi connectivity index (χ0n) is 12.9. The third-order valence-corrected chi connectivity index (χ3v) is 3.44.